The van der Waals surface area contributed by atoms with Crippen molar-refractivity contribution >= 4 is 28.3 Å². The summed E-state index contributed by atoms with van der Waals surface area (Å²) in [5.41, 5.74) is -1.55. The summed E-state index contributed by atoms with van der Waals surface area (Å²) in [6.07, 6.45) is 0. The molecule has 1 heterocycles. The molecule has 1 aromatic carbocycles. The average Bonchev–Trinajstić information content (AvgIpc) is 2.64. The van der Waals surface area contributed by atoms with Gasteiger partial charge in [0.25, 0.3) is 9.79 Å². The Morgan fingerprint density at radius 3 is 2.59 bits per heavy atom. The summed E-state index contributed by atoms with van der Waals surface area (Å²) in [5.74, 6) is -2.78. The zero-order chi connectivity index (χ0) is 12.6. The van der Waals surface area contributed by atoms with Crippen molar-refractivity contribution in [3.8, 4) is 11.5 Å². The summed E-state index contributed by atoms with van der Waals surface area (Å²) in [6, 6.07) is 1.50. The highest BCUT2D eigenvalue weighted by Crippen LogP contribution is 2.30. The highest BCUT2D eigenvalue weighted by atomic mass is 127. The first-order chi connectivity index (χ1) is 8.00. The van der Waals surface area contributed by atoms with E-state index in [0.717, 1.165) is 12.1 Å². The zero-order valence-corrected chi connectivity index (χ0v) is 10.0. The summed E-state index contributed by atoms with van der Waals surface area (Å²) >= 11 is 1.65. The van der Waals surface area contributed by atoms with Crippen LogP contribution >= 0.6 is 22.6 Å². The van der Waals surface area contributed by atoms with Crippen LogP contribution in [0.3, 0.4) is 0 Å². The summed E-state index contributed by atoms with van der Waals surface area (Å²) in [6.45, 7) is 0. The van der Waals surface area contributed by atoms with Gasteiger partial charge in [-0.05, 0) is 6.07 Å². The monoisotopic (exact) mass is 353 g/mol. The summed E-state index contributed by atoms with van der Waals surface area (Å²) in [7, 11) is 0. The topological polar surface area (TPSA) is 82.1 Å². The molecule has 0 N–H and O–H groups in total. The van der Waals surface area contributed by atoms with Crippen molar-refractivity contribution in [1.82, 2.24) is 10.2 Å². The van der Waals surface area contributed by atoms with Gasteiger partial charge in [-0.3, -0.25) is 10.1 Å². The Labute approximate surface area is 106 Å². The minimum Gasteiger partial charge on any atom is -0.411 e. The van der Waals surface area contributed by atoms with Crippen molar-refractivity contribution in [3.63, 3.8) is 0 Å². The summed E-state index contributed by atoms with van der Waals surface area (Å²) in [5, 5.41) is 17.3. The van der Waals surface area contributed by atoms with Crippen molar-refractivity contribution < 1.29 is 18.1 Å². The Morgan fingerprint density at radius 1 is 1.35 bits per heavy atom. The molecule has 1 aromatic heterocycles. The fourth-order valence-corrected chi connectivity index (χ4v) is 1.50. The Bertz CT molecular complexity index is 602. The van der Waals surface area contributed by atoms with E-state index in [2.05, 4.69) is 10.2 Å². The normalized spacial score (nSPS) is 10.5. The van der Waals surface area contributed by atoms with Crippen molar-refractivity contribution in [1.29, 1.82) is 0 Å². The number of rotatable bonds is 2. The lowest BCUT2D eigenvalue weighted by molar-refractivity contribution is -0.387. The van der Waals surface area contributed by atoms with Gasteiger partial charge in [-0.2, -0.15) is 4.39 Å². The molecule has 0 unspecified atom stereocenters. The van der Waals surface area contributed by atoms with Gasteiger partial charge in [0.05, 0.1) is 4.92 Å². The molecule has 0 saturated heterocycles. The number of hydrogen-bond donors (Lipinski definition) is 0. The predicted molar refractivity (Wildman–Crippen MR) is 59.0 cm³/mol. The molecule has 0 bridgehead atoms. The number of hydrogen-bond acceptors (Lipinski definition) is 5. The second-order valence-electron chi connectivity index (χ2n) is 2.87. The summed E-state index contributed by atoms with van der Waals surface area (Å²) < 4.78 is 32.0. The largest absolute Gasteiger partial charge is 0.411 e. The second kappa shape index (κ2) is 4.31. The molecule has 88 valence electrons. The minimum atomic E-state index is -1.34. The number of halogens is 3. The molecule has 9 heteroatoms. The number of aromatic nitrogens is 2. The molecule has 0 radical (unpaired) electrons. The summed E-state index contributed by atoms with van der Waals surface area (Å²) in [4.78, 5) is 9.54. The first-order valence-electron chi connectivity index (χ1n) is 4.12. The van der Waals surface area contributed by atoms with Crippen LogP contribution in [0.1, 0.15) is 0 Å². The first-order valence-corrected chi connectivity index (χ1v) is 5.20. The molecule has 0 atom stereocenters. The van der Waals surface area contributed by atoms with Crippen LogP contribution in [0, 0.1) is 25.6 Å². The number of benzene rings is 1. The Balaban J connectivity index is 2.68. The van der Waals surface area contributed by atoms with Crippen LogP contribution in [0.15, 0.2) is 16.5 Å². The highest BCUT2D eigenvalue weighted by molar-refractivity contribution is 14.1. The third-order valence-electron chi connectivity index (χ3n) is 1.88. The van der Waals surface area contributed by atoms with E-state index in [1.807, 2.05) is 0 Å². The van der Waals surface area contributed by atoms with Gasteiger partial charge in [0.2, 0.25) is 5.82 Å². The van der Waals surface area contributed by atoms with Gasteiger partial charge in [-0.15, -0.1) is 10.2 Å². The molecular weight excluding hydrogens is 351 g/mol. The molecule has 0 amide bonds. The van der Waals surface area contributed by atoms with E-state index in [-0.39, 0.29) is 3.90 Å². The SMILES string of the molecule is O=[N+]([O-])c1ccc(F)c(-c2nnc(I)o2)c1F. The maximum atomic E-state index is 13.7. The highest BCUT2D eigenvalue weighted by Gasteiger charge is 2.25. The standard InChI is InChI=1S/C8H2F2IN3O3/c9-3-1-2-4(14(15)16)6(10)5(3)7-12-13-8(11)17-7/h1-2H. The third kappa shape index (κ3) is 2.09. The van der Waals surface area contributed by atoms with Crippen LogP contribution < -0.4 is 0 Å². The lowest BCUT2D eigenvalue weighted by Gasteiger charge is -2.00. The molecule has 0 saturated carbocycles. The first kappa shape index (κ1) is 11.8. The van der Waals surface area contributed by atoms with E-state index in [0.29, 0.717) is 0 Å². The lowest BCUT2D eigenvalue weighted by atomic mass is 10.1. The Hall–Kier alpha value is -1.65. The van der Waals surface area contributed by atoms with Crippen molar-refractivity contribution in [2.24, 2.45) is 0 Å². The molecule has 0 fully saturated rings. The van der Waals surface area contributed by atoms with Gasteiger partial charge in [0, 0.05) is 28.7 Å². The lowest BCUT2D eigenvalue weighted by Crippen LogP contribution is -1.97. The number of nitro groups is 1. The van der Waals surface area contributed by atoms with Crippen LogP contribution in [0.25, 0.3) is 11.5 Å². The number of nitrogens with zero attached hydrogens (tertiary/aromatic N) is 3. The molecule has 6 nitrogen and oxygen atoms in total. The fraction of sp³-hybridized carbons (Fsp3) is 0. The molecule has 0 aliphatic carbocycles. The van der Waals surface area contributed by atoms with E-state index >= 15 is 0 Å². The van der Waals surface area contributed by atoms with E-state index in [9.17, 15) is 18.9 Å². The quantitative estimate of drug-likeness (QED) is 0.471. The van der Waals surface area contributed by atoms with E-state index in [4.69, 9.17) is 4.42 Å². The van der Waals surface area contributed by atoms with E-state index < -0.39 is 33.7 Å². The zero-order valence-electron chi connectivity index (χ0n) is 7.85. The van der Waals surface area contributed by atoms with Gasteiger partial charge in [0.15, 0.2) is 0 Å². The molecular formula is C8H2F2IN3O3. The maximum absolute atomic E-state index is 13.7. The van der Waals surface area contributed by atoms with Crippen molar-refractivity contribution in [2.75, 3.05) is 0 Å². The molecule has 17 heavy (non-hydrogen) atoms. The van der Waals surface area contributed by atoms with Crippen LogP contribution in [0.5, 0.6) is 0 Å². The van der Waals surface area contributed by atoms with Gasteiger partial charge in [0.1, 0.15) is 11.4 Å². The third-order valence-corrected chi connectivity index (χ3v) is 2.32. The molecule has 0 aliphatic heterocycles. The number of nitro benzene ring substituents is 1. The van der Waals surface area contributed by atoms with Crippen LogP contribution in [-0.4, -0.2) is 15.1 Å². The van der Waals surface area contributed by atoms with Gasteiger partial charge in [-0.1, -0.05) is 0 Å². The molecule has 2 aromatic rings. The van der Waals surface area contributed by atoms with E-state index in [1.54, 1.807) is 22.6 Å². The van der Waals surface area contributed by atoms with Gasteiger partial charge >= 0.3 is 5.69 Å². The fourth-order valence-electron chi connectivity index (χ4n) is 1.18. The smallest absolute Gasteiger partial charge is 0.305 e. The maximum Gasteiger partial charge on any atom is 0.305 e. The van der Waals surface area contributed by atoms with Crippen LogP contribution in [0.2, 0.25) is 0 Å². The van der Waals surface area contributed by atoms with Crippen molar-refractivity contribution in [2.45, 2.75) is 0 Å². The molecule has 0 spiro atoms. The average molecular weight is 353 g/mol. The van der Waals surface area contributed by atoms with Crippen LogP contribution in [0.4, 0.5) is 14.5 Å². The Morgan fingerprint density at radius 2 is 2.06 bits per heavy atom. The van der Waals surface area contributed by atoms with E-state index in [1.165, 1.54) is 0 Å². The predicted octanol–water partition coefficient (Wildman–Crippen LogP) is 2.53. The minimum absolute atomic E-state index is 0.0721. The second-order valence-corrected chi connectivity index (χ2v) is 3.80. The molecule has 0 aliphatic rings. The van der Waals surface area contributed by atoms with Crippen molar-refractivity contribution in [3.05, 3.63) is 37.8 Å². The van der Waals surface area contributed by atoms with Gasteiger partial charge in [-0.25, -0.2) is 4.39 Å². The molecule has 2 rings (SSSR count). The Kier molecular flexibility index (Phi) is 3.00. The van der Waals surface area contributed by atoms with Gasteiger partial charge < -0.3 is 4.42 Å². The van der Waals surface area contributed by atoms with Crippen LogP contribution in [-0.2, 0) is 0 Å².